The van der Waals surface area contributed by atoms with E-state index in [1.54, 1.807) is 0 Å². The molecule has 3 N–H and O–H groups in total. The maximum Gasteiger partial charge on any atom is 0.0607 e. The lowest BCUT2D eigenvalue weighted by Gasteiger charge is -2.41. The standard InChI is InChI=1S/C11H24N2O2/c1-8-5-13(3)9(2)4-11(8)12-10(6-14)7-15/h8-12,14-15H,4-7H2,1-3H3/t8-,9-,11-/m1/s1. The molecule has 0 unspecified atom stereocenters. The van der Waals surface area contributed by atoms with Gasteiger partial charge in [0.15, 0.2) is 0 Å². The summed E-state index contributed by atoms with van der Waals surface area (Å²) in [5.74, 6) is 0.562. The molecule has 1 aliphatic rings. The molecule has 0 radical (unpaired) electrons. The van der Waals surface area contributed by atoms with Crippen molar-refractivity contribution in [3.63, 3.8) is 0 Å². The highest BCUT2D eigenvalue weighted by molar-refractivity contribution is 4.87. The van der Waals surface area contributed by atoms with Crippen LogP contribution in [0, 0.1) is 5.92 Å². The number of nitrogens with one attached hydrogen (secondary N) is 1. The van der Waals surface area contributed by atoms with Crippen molar-refractivity contribution in [2.24, 2.45) is 5.92 Å². The first-order valence-corrected chi connectivity index (χ1v) is 5.76. The van der Waals surface area contributed by atoms with E-state index in [4.69, 9.17) is 10.2 Å². The van der Waals surface area contributed by atoms with Crippen LogP contribution in [0.5, 0.6) is 0 Å². The molecule has 0 saturated carbocycles. The molecule has 0 aromatic carbocycles. The Morgan fingerprint density at radius 3 is 2.47 bits per heavy atom. The third-order valence-corrected chi connectivity index (χ3v) is 3.50. The fourth-order valence-electron chi connectivity index (χ4n) is 2.24. The normalized spacial score (nSPS) is 33.6. The van der Waals surface area contributed by atoms with E-state index < -0.39 is 0 Å². The number of hydrogen-bond donors (Lipinski definition) is 3. The Morgan fingerprint density at radius 2 is 1.93 bits per heavy atom. The van der Waals surface area contributed by atoms with Crippen LogP contribution >= 0.6 is 0 Å². The molecule has 1 rings (SSSR count). The molecular formula is C11H24N2O2. The summed E-state index contributed by atoms with van der Waals surface area (Å²) < 4.78 is 0. The fraction of sp³-hybridized carbons (Fsp3) is 1.00. The van der Waals surface area contributed by atoms with Crippen molar-refractivity contribution < 1.29 is 10.2 Å². The summed E-state index contributed by atoms with van der Waals surface area (Å²) in [4.78, 5) is 2.36. The monoisotopic (exact) mass is 216 g/mol. The Hall–Kier alpha value is -0.160. The molecule has 1 fully saturated rings. The third-order valence-electron chi connectivity index (χ3n) is 3.50. The summed E-state index contributed by atoms with van der Waals surface area (Å²) >= 11 is 0. The summed E-state index contributed by atoms with van der Waals surface area (Å²) in [6.07, 6.45) is 1.08. The molecule has 90 valence electrons. The van der Waals surface area contributed by atoms with Crippen molar-refractivity contribution in [2.45, 2.75) is 38.4 Å². The molecule has 1 aliphatic heterocycles. The maximum atomic E-state index is 9.03. The number of hydrogen-bond acceptors (Lipinski definition) is 4. The van der Waals surface area contributed by atoms with Crippen LogP contribution < -0.4 is 5.32 Å². The van der Waals surface area contributed by atoms with Gasteiger partial charge in [-0.2, -0.15) is 0 Å². The van der Waals surface area contributed by atoms with Gasteiger partial charge in [0.1, 0.15) is 0 Å². The Balaban J connectivity index is 2.47. The number of aliphatic hydroxyl groups excluding tert-OH is 2. The highest BCUT2D eigenvalue weighted by Crippen LogP contribution is 2.20. The van der Waals surface area contributed by atoms with Gasteiger partial charge in [-0.05, 0) is 26.3 Å². The molecule has 3 atom stereocenters. The lowest BCUT2D eigenvalue weighted by atomic mass is 9.89. The van der Waals surface area contributed by atoms with E-state index >= 15 is 0 Å². The van der Waals surface area contributed by atoms with Crippen LogP contribution in [0.4, 0.5) is 0 Å². The van der Waals surface area contributed by atoms with Crippen LogP contribution in [0.3, 0.4) is 0 Å². The minimum absolute atomic E-state index is 0.00391. The predicted molar refractivity (Wildman–Crippen MR) is 60.8 cm³/mol. The van der Waals surface area contributed by atoms with Gasteiger partial charge in [0, 0.05) is 18.6 Å². The number of rotatable bonds is 4. The van der Waals surface area contributed by atoms with Gasteiger partial charge in [0.05, 0.1) is 19.3 Å². The summed E-state index contributed by atoms with van der Waals surface area (Å²) in [5, 5.41) is 21.4. The van der Waals surface area contributed by atoms with Crippen LogP contribution in [0.15, 0.2) is 0 Å². The molecule has 0 aromatic heterocycles. The van der Waals surface area contributed by atoms with E-state index in [2.05, 4.69) is 31.1 Å². The molecule has 15 heavy (non-hydrogen) atoms. The number of aliphatic hydroxyl groups is 2. The Bertz CT molecular complexity index is 185. The highest BCUT2D eigenvalue weighted by Gasteiger charge is 2.29. The maximum absolute atomic E-state index is 9.03. The number of piperidine rings is 1. The fourth-order valence-corrected chi connectivity index (χ4v) is 2.24. The van der Waals surface area contributed by atoms with E-state index in [0.717, 1.165) is 13.0 Å². The SMILES string of the molecule is C[C@@H]1CN(C)[C@H](C)C[C@H]1NC(CO)CO. The number of likely N-dealkylation sites (tertiary alicyclic amines) is 1. The molecule has 0 amide bonds. The van der Waals surface area contributed by atoms with Crippen molar-refractivity contribution in [1.82, 2.24) is 10.2 Å². The van der Waals surface area contributed by atoms with Gasteiger partial charge in [-0.1, -0.05) is 6.92 Å². The summed E-state index contributed by atoms with van der Waals surface area (Å²) in [5.41, 5.74) is 0. The van der Waals surface area contributed by atoms with Crippen LogP contribution in [0.2, 0.25) is 0 Å². The topological polar surface area (TPSA) is 55.7 Å². The molecule has 0 bridgehead atoms. The van der Waals surface area contributed by atoms with Crippen LogP contribution in [-0.4, -0.2) is 60.0 Å². The van der Waals surface area contributed by atoms with Crippen molar-refractivity contribution >= 4 is 0 Å². The van der Waals surface area contributed by atoms with Gasteiger partial charge in [-0.15, -0.1) is 0 Å². The molecule has 4 heteroatoms. The minimum atomic E-state index is -0.173. The van der Waals surface area contributed by atoms with Crippen molar-refractivity contribution in [3.8, 4) is 0 Å². The van der Waals surface area contributed by atoms with E-state index in [1.807, 2.05) is 0 Å². The molecular weight excluding hydrogens is 192 g/mol. The first kappa shape index (κ1) is 12.9. The largest absolute Gasteiger partial charge is 0.395 e. The van der Waals surface area contributed by atoms with E-state index in [0.29, 0.717) is 18.0 Å². The zero-order valence-electron chi connectivity index (χ0n) is 9.98. The Morgan fingerprint density at radius 1 is 1.33 bits per heavy atom. The summed E-state index contributed by atoms with van der Waals surface area (Å²) in [7, 11) is 2.15. The van der Waals surface area contributed by atoms with E-state index in [9.17, 15) is 0 Å². The quantitative estimate of drug-likeness (QED) is 0.602. The van der Waals surface area contributed by atoms with E-state index in [1.165, 1.54) is 0 Å². The smallest absolute Gasteiger partial charge is 0.0607 e. The average Bonchev–Trinajstić information content (AvgIpc) is 2.21. The zero-order chi connectivity index (χ0) is 11.4. The second kappa shape index (κ2) is 5.80. The minimum Gasteiger partial charge on any atom is -0.395 e. The van der Waals surface area contributed by atoms with Crippen molar-refractivity contribution in [1.29, 1.82) is 0 Å². The van der Waals surface area contributed by atoms with Crippen molar-refractivity contribution in [3.05, 3.63) is 0 Å². The van der Waals surface area contributed by atoms with Gasteiger partial charge in [0.2, 0.25) is 0 Å². The highest BCUT2D eigenvalue weighted by atomic mass is 16.3. The number of nitrogens with zero attached hydrogens (tertiary/aromatic N) is 1. The molecule has 4 nitrogen and oxygen atoms in total. The van der Waals surface area contributed by atoms with Crippen molar-refractivity contribution in [2.75, 3.05) is 26.8 Å². The molecule has 0 aliphatic carbocycles. The second-order valence-corrected chi connectivity index (χ2v) is 4.84. The average molecular weight is 216 g/mol. The van der Waals surface area contributed by atoms with Crippen LogP contribution in [0.1, 0.15) is 20.3 Å². The Labute approximate surface area is 92.3 Å². The third kappa shape index (κ3) is 3.41. The zero-order valence-corrected chi connectivity index (χ0v) is 9.98. The van der Waals surface area contributed by atoms with E-state index in [-0.39, 0.29) is 19.3 Å². The molecule has 0 aromatic rings. The lowest BCUT2D eigenvalue weighted by molar-refractivity contribution is 0.0927. The Kier molecular flexibility index (Phi) is 4.99. The lowest BCUT2D eigenvalue weighted by Crippen LogP contribution is -2.54. The van der Waals surface area contributed by atoms with Gasteiger partial charge in [0.25, 0.3) is 0 Å². The van der Waals surface area contributed by atoms with Gasteiger partial charge in [-0.25, -0.2) is 0 Å². The first-order chi connectivity index (χ1) is 7.08. The molecule has 1 heterocycles. The molecule has 0 spiro atoms. The first-order valence-electron chi connectivity index (χ1n) is 5.76. The van der Waals surface area contributed by atoms with Gasteiger partial charge in [-0.3, -0.25) is 0 Å². The van der Waals surface area contributed by atoms with Gasteiger partial charge >= 0.3 is 0 Å². The molecule has 1 saturated heterocycles. The van der Waals surface area contributed by atoms with Gasteiger partial charge < -0.3 is 20.4 Å². The van der Waals surface area contributed by atoms with Crippen LogP contribution in [0.25, 0.3) is 0 Å². The second-order valence-electron chi connectivity index (χ2n) is 4.84. The predicted octanol–water partition coefficient (Wildman–Crippen LogP) is -0.342. The van der Waals surface area contributed by atoms with Crippen LogP contribution in [-0.2, 0) is 0 Å². The summed E-state index contributed by atoms with van der Waals surface area (Å²) in [6, 6.07) is 0.797. The summed E-state index contributed by atoms with van der Waals surface area (Å²) in [6.45, 7) is 5.51.